The van der Waals surface area contributed by atoms with E-state index in [2.05, 4.69) is 85.0 Å². The molecule has 6 aliphatic carbocycles. The molecule has 0 spiro atoms. The van der Waals surface area contributed by atoms with Gasteiger partial charge in [0.1, 0.15) is 5.60 Å². The van der Waals surface area contributed by atoms with Gasteiger partial charge in [-0.2, -0.15) is 0 Å². The molecule has 6 fully saturated rings. The fraction of sp³-hybridized carbons (Fsp3) is 0.829. The Morgan fingerprint density at radius 2 is 1.19 bits per heavy atom. The second-order valence-corrected chi connectivity index (χ2v) is 14.5. The average Bonchev–Trinajstić information content (AvgIpc) is 2.90. The molecule has 0 saturated heterocycles. The second-order valence-electron chi connectivity index (χ2n) is 14.2. The molecule has 6 atom stereocenters. The van der Waals surface area contributed by atoms with E-state index < -0.39 is 5.24 Å². The smallest absolute Gasteiger partial charge is 0.333 e. The molecule has 0 amide bonds. The number of ether oxygens (including phenoxy) is 1. The fourth-order valence-corrected chi connectivity index (χ4v) is 7.47. The van der Waals surface area contributed by atoms with Crippen LogP contribution in [0.2, 0.25) is 0 Å². The van der Waals surface area contributed by atoms with Crippen LogP contribution in [0.4, 0.5) is 0 Å². The van der Waals surface area contributed by atoms with Crippen LogP contribution < -0.4 is 0 Å². The van der Waals surface area contributed by atoms with Crippen LogP contribution in [-0.4, -0.2) is 58.4 Å². The molecule has 4 bridgehead atoms. The van der Waals surface area contributed by atoms with Crippen molar-refractivity contribution in [1.82, 2.24) is 4.90 Å². The first-order valence-corrected chi connectivity index (χ1v) is 16.9. The molecule has 0 heterocycles. The number of carbonyl (C=O) groups is 2. The summed E-state index contributed by atoms with van der Waals surface area (Å²) >= 11 is 9.51. The summed E-state index contributed by atoms with van der Waals surface area (Å²) in [7, 11) is 0. The van der Waals surface area contributed by atoms with Gasteiger partial charge < -0.3 is 14.7 Å². The topological polar surface area (TPSA) is 66.8 Å². The molecule has 1 N–H and O–H groups in total. The van der Waals surface area contributed by atoms with Gasteiger partial charge in [0.25, 0.3) is 0 Å². The van der Waals surface area contributed by atoms with Crippen LogP contribution in [-0.2, 0) is 14.3 Å². The maximum atomic E-state index is 11.7. The Morgan fingerprint density at radius 3 is 1.40 bits per heavy atom. The van der Waals surface area contributed by atoms with E-state index in [9.17, 15) is 14.7 Å². The van der Waals surface area contributed by atoms with Gasteiger partial charge in [0.05, 0.1) is 5.60 Å². The highest BCUT2D eigenvalue weighted by Gasteiger charge is 2.61. The Kier molecular flexibility index (Phi) is 16.6. The molecule has 42 heavy (non-hydrogen) atoms. The lowest BCUT2D eigenvalue weighted by molar-refractivity contribution is -0.215. The van der Waals surface area contributed by atoms with Crippen molar-refractivity contribution in [3.8, 4) is 0 Å². The van der Waals surface area contributed by atoms with Crippen molar-refractivity contribution < 1.29 is 19.4 Å². The van der Waals surface area contributed by atoms with Gasteiger partial charge in [0.2, 0.25) is 5.24 Å². The van der Waals surface area contributed by atoms with Gasteiger partial charge in [-0.25, -0.2) is 4.79 Å². The first kappa shape index (κ1) is 41.1. The van der Waals surface area contributed by atoms with Crippen molar-refractivity contribution in [2.45, 2.75) is 126 Å². The van der Waals surface area contributed by atoms with Gasteiger partial charge in [-0.15, -0.1) is 11.6 Å². The monoisotopic (exact) mass is 631 g/mol. The highest BCUT2D eigenvalue weighted by Crippen LogP contribution is 2.64. The van der Waals surface area contributed by atoms with Crippen molar-refractivity contribution in [2.75, 3.05) is 26.0 Å². The summed E-state index contributed by atoms with van der Waals surface area (Å²) in [5.41, 5.74) is 1.01. The standard InChI is InChI=1S/C14H22O2.C10H18O.C6H15N.C4H5ClO.CH3Cl/c1-9(2)12(15)16-14(5)7-6-10-8-11(14)13(10,3)4;1-9(2)7-4-5-10(3,11)8(9)6-7;1-4-7(5-2)6-3;1-3(2)4(5)6;1-2/h10-11H,1,6-8H2,2-5H3;7-8,11H,4-6H2,1-3H3;4-6H2,1-3H3;1H2,2H3;1H3. The minimum Gasteiger partial charge on any atom is -0.456 e. The van der Waals surface area contributed by atoms with Crippen LogP contribution in [0.1, 0.15) is 115 Å². The minimum absolute atomic E-state index is 0.233. The molecule has 6 saturated carbocycles. The molecule has 0 aliphatic heterocycles. The van der Waals surface area contributed by atoms with Crippen molar-refractivity contribution in [2.24, 2.45) is 34.5 Å². The number of hydrogen-bond donors (Lipinski definition) is 1. The van der Waals surface area contributed by atoms with E-state index in [0.29, 0.717) is 33.8 Å². The van der Waals surface area contributed by atoms with E-state index >= 15 is 0 Å². The average molecular weight is 633 g/mol. The van der Waals surface area contributed by atoms with Gasteiger partial charge >= 0.3 is 5.97 Å². The zero-order valence-corrected chi connectivity index (χ0v) is 30.5. The van der Waals surface area contributed by atoms with Crippen LogP contribution in [0.15, 0.2) is 24.3 Å². The van der Waals surface area contributed by atoms with Crippen molar-refractivity contribution in [3.63, 3.8) is 0 Å². The summed E-state index contributed by atoms with van der Waals surface area (Å²) < 4.78 is 5.69. The summed E-state index contributed by atoms with van der Waals surface area (Å²) in [5, 5.41) is 9.55. The number of esters is 1. The molecular formula is C35H63Cl2NO4. The van der Waals surface area contributed by atoms with Gasteiger partial charge in [0.15, 0.2) is 0 Å². The van der Waals surface area contributed by atoms with E-state index in [4.69, 9.17) is 16.3 Å². The largest absolute Gasteiger partial charge is 0.456 e. The lowest BCUT2D eigenvalue weighted by atomic mass is 9.44. The van der Waals surface area contributed by atoms with E-state index in [1.54, 1.807) is 13.8 Å². The van der Waals surface area contributed by atoms with Gasteiger partial charge in [-0.3, -0.25) is 4.79 Å². The SMILES string of the molecule is C=C(C)C(=O)Cl.C=C(C)C(=O)OC1(C)CCC2CC1C2(C)C.CC1(O)CCC2CC1C2(C)C.CCN(CC)CC.CCl. The lowest BCUT2D eigenvalue weighted by Crippen LogP contribution is -2.61. The zero-order valence-electron chi connectivity index (χ0n) is 29.0. The molecule has 0 aromatic carbocycles. The van der Waals surface area contributed by atoms with Crippen LogP contribution in [0.5, 0.6) is 0 Å². The van der Waals surface area contributed by atoms with E-state index in [1.165, 1.54) is 51.7 Å². The number of nitrogens with zero attached hydrogens (tertiary/aromatic N) is 1. The number of rotatable bonds is 6. The first-order valence-electron chi connectivity index (χ1n) is 15.8. The number of carbonyl (C=O) groups excluding carboxylic acids is 2. The van der Waals surface area contributed by atoms with Crippen molar-refractivity contribution in [3.05, 3.63) is 24.3 Å². The Hall–Kier alpha value is -0.880. The third-order valence-corrected chi connectivity index (χ3v) is 11.1. The molecule has 0 aromatic heterocycles. The minimum atomic E-state index is -0.463. The van der Waals surface area contributed by atoms with E-state index in [1.807, 2.05) is 6.92 Å². The fourth-order valence-electron chi connectivity index (χ4n) is 7.47. The molecular weight excluding hydrogens is 569 g/mol. The van der Waals surface area contributed by atoms with Crippen LogP contribution in [0, 0.1) is 34.5 Å². The number of fused-ring (bicyclic) bond motifs is 4. The van der Waals surface area contributed by atoms with Crippen molar-refractivity contribution in [1.29, 1.82) is 0 Å². The summed E-state index contributed by atoms with van der Waals surface area (Å²) in [4.78, 5) is 23.9. The predicted molar refractivity (Wildman–Crippen MR) is 180 cm³/mol. The molecule has 6 unspecified atom stereocenters. The normalized spacial score (nSPS) is 32.1. The molecule has 5 nitrogen and oxygen atoms in total. The maximum Gasteiger partial charge on any atom is 0.333 e. The lowest BCUT2D eigenvalue weighted by Gasteiger charge is -2.63. The summed E-state index contributed by atoms with van der Waals surface area (Å²) in [6.07, 6.45) is 8.39. The molecule has 0 aromatic rings. The summed E-state index contributed by atoms with van der Waals surface area (Å²) in [6, 6.07) is 0. The van der Waals surface area contributed by atoms with Crippen LogP contribution in [0.25, 0.3) is 0 Å². The molecule has 6 rings (SSSR count). The number of allylic oxidation sites excluding steroid dienone is 1. The van der Waals surface area contributed by atoms with Gasteiger partial charge in [0, 0.05) is 23.4 Å². The predicted octanol–water partition coefficient (Wildman–Crippen LogP) is 9.05. The molecule has 7 heteroatoms. The molecule has 6 aliphatic rings. The first-order chi connectivity index (χ1) is 19.2. The third-order valence-electron chi connectivity index (χ3n) is 10.8. The third kappa shape index (κ3) is 10.3. The van der Waals surface area contributed by atoms with E-state index in [-0.39, 0.29) is 17.2 Å². The highest BCUT2D eigenvalue weighted by atomic mass is 35.5. The number of hydrogen-bond acceptors (Lipinski definition) is 5. The molecule has 0 radical (unpaired) electrons. The number of halogens is 2. The maximum absolute atomic E-state index is 11.7. The van der Waals surface area contributed by atoms with Gasteiger partial charge in [-0.05, 0) is 126 Å². The number of alkyl halides is 1. The van der Waals surface area contributed by atoms with E-state index in [0.717, 1.165) is 24.7 Å². The Labute approximate surface area is 268 Å². The second kappa shape index (κ2) is 17.0. The quantitative estimate of drug-likeness (QED) is 0.137. The highest BCUT2D eigenvalue weighted by molar-refractivity contribution is 6.67. The molecule has 246 valence electrons. The Morgan fingerprint density at radius 1 is 0.810 bits per heavy atom. The number of aliphatic hydroxyl groups is 1. The van der Waals surface area contributed by atoms with Crippen LogP contribution in [0.3, 0.4) is 0 Å². The van der Waals surface area contributed by atoms with Gasteiger partial charge in [-0.1, -0.05) is 61.6 Å². The van der Waals surface area contributed by atoms with Crippen LogP contribution >= 0.6 is 23.2 Å². The Bertz CT molecular complexity index is 879. The summed E-state index contributed by atoms with van der Waals surface area (Å²) in [6.45, 7) is 33.6. The zero-order chi connectivity index (χ0) is 33.3. The summed E-state index contributed by atoms with van der Waals surface area (Å²) in [5.74, 6) is 2.57. The Balaban J connectivity index is 0.000000564. The van der Waals surface area contributed by atoms with Crippen molar-refractivity contribution >= 4 is 34.4 Å².